The van der Waals surface area contributed by atoms with Gasteiger partial charge in [0.25, 0.3) is 0 Å². The molecule has 1 fully saturated rings. The van der Waals surface area contributed by atoms with Gasteiger partial charge in [-0.15, -0.1) is 12.4 Å². The van der Waals surface area contributed by atoms with Crippen LogP contribution < -0.4 is 5.73 Å². The lowest BCUT2D eigenvalue weighted by atomic mass is 9.87. The van der Waals surface area contributed by atoms with E-state index in [0.29, 0.717) is 18.8 Å². The zero-order valence-electron chi connectivity index (χ0n) is 10.3. The van der Waals surface area contributed by atoms with Crippen molar-refractivity contribution >= 4 is 18.1 Å². The number of ether oxygens (including phenoxy) is 1. The molecule has 0 bridgehead atoms. The Kier molecular flexibility index (Phi) is 5.53. The number of nitro groups is 1. The van der Waals surface area contributed by atoms with Gasteiger partial charge in [-0.2, -0.15) is 0 Å². The van der Waals surface area contributed by atoms with Crippen molar-refractivity contribution < 1.29 is 14.8 Å². The molecule has 7 heteroatoms. The van der Waals surface area contributed by atoms with Crippen molar-refractivity contribution in [2.75, 3.05) is 13.2 Å². The quantitative estimate of drug-likeness (QED) is 0.656. The fourth-order valence-corrected chi connectivity index (χ4v) is 2.24. The predicted octanol–water partition coefficient (Wildman–Crippen LogP) is 2.15. The second-order valence-electron chi connectivity index (χ2n) is 4.48. The van der Waals surface area contributed by atoms with E-state index in [1.807, 2.05) is 0 Å². The predicted molar refractivity (Wildman–Crippen MR) is 72.5 cm³/mol. The Morgan fingerprint density at radius 3 is 2.63 bits per heavy atom. The molecular formula is C12H17ClN2O4. The summed E-state index contributed by atoms with van der Waals surface area (Å²) in [6.07, 6.45) is 1.71. The molecular weight excluding hydrogens is 272 g/mol. The van der Waals surface area contributed by atoms with E-state index in [0.717, 1.165) is 12.8 Å². The first-order chi connectivity index (χ1) is 8.59. The lowest BCUT2D eigenvalue weighted by Crippen LogP contribution is -2.27. The molecule has 0 aliphatic carbocycles. The average Bonchev–Trinajstić information content (AvgIpc) is 2.39. The highest BCUT2D eigenvalue weighted by atomic mass is 35.5. The highest BCUT2D eigenvalue weighted by Crippen LogP contribution is 2.33. The molecule has 1 aliphatic rings. The van der Waals surface area contributed by atoms with E-state index < -0.39 is 4.92 Å². The molecule has 0 spiro atoms. The van der Waals surface area contributed by atoms with Gasteiger partial charge in [-0.25, -0.2) is 0 Å². The Morgan fingerprint density at radius 1 is 1.42 bits per heavy atom. The monoisotopic (exact) mass is 288 g/mol. The number of nitrogens with zero attached hydrogens (tertiary/aromatic N) is 1. The van der Waals surface area contributed by atoms with Crippen molar-refractivity contribution in [3.63, 3.8) is 0 Å². The molecule has 0 amide bonds. The van der Waals surface area contributed by atoms with Gasteiger partial charge in [-0.1, -0.05) is 6.07 Å². The van der Waals surface area contributed by atoms with Crippen LogP contribution in [-0.4, -0.2) is 23.2 Å². The SMILES string of the molecule is Cl.N[C@H](c1ccc(O)c([N+](=O)[O-])c1)C1CCOCC1. The van der Waals surface area contributed by atoms with Gasteiger partial charge in [0, 0.05) is 25.3 Å². The highest BCUT2D eigenvalue weighted by Gasteiger charge is 2.24. The number of rotatable bonds is 3. The molecule has 1 heterocycles. The van der Waals surface area contributed by atoms with Gasteiger partial charge >= 0.3 is 5.69 Å². The minimum atomic E-state index is -0.602. The van der Waals surface area contributed by atoms with E-state index in [9.17, 15) is 15.2 Å². The van der Waals surface area contributed by atoms with Crippen LogP contribution >= 0.6 is 12.4 Å². The second-order valence-corrected chi connectivity index (χ2v) is 4.48. The standard InChI is InChI=1S/C12H16N2O4.ClH/c13-12(8-3-5-18-6-4-8)9-1-2-11(15)10(7-9)14(16)17;/h1-2,7-8,12,15H,3-6,13H2;1H/t12-;/m0./s1. The number of aromatic hydroxyl groups is 1. The first kappa shape index (κ1) is 15.7. The maximum absolute atomic E-state index is 10.8. The molecule has 6 nitrogen and oxygen atoms in total. The third kappa shape index (κ3) is 3.56. The Morgan fingerprint density at radius 2 is 2.05 bits per heavy atom. The lowest BCUT2D eigenvalue weighted by Gasteiger charge is -2.27. The van der Waals surface area contributed by atoms with Gasteiger partial charge in [0.2, 0.25) is 0 Å². The maximum atomic E-state index is 10.8. The van der Waals surface area contributed by atoms with Crippen LogP contribution in [0.25, 0.3) is 0 Å². The maximum Gasteiger partial charge on any atom is 0.311 e. The number of hydrogen-bond donors (Lipinski definition) is 2. The van der Waals surface area contributed by atoms with Crippen LogP contribution in [0, 0.1) is 16.0 Å². The topological polar surface area (TPSA) is 98.6 Å². The number of hydrogen-bond acceptors (Lipinski definition) is 5. The number of halogens is 1. The van der Waals surface area contributed by atoms with Crippen LogP contribution in [0.1, 0.15) is 24.4 Å². The van der Waals surface area contributed by atoms with Gasteiger partial charge in [0.1, 0.15) is 0 Å². The first-order valence-corrected chi connectivity index (χ1v) is 5.90. The van der Waals surface area contributed by atoms with Crippen LogP contribution in [-0.2, 0) is 4.74 Å². The molecule has 1 aromatic rings. The number of phenols is 1. The second kappa shape index (κ2) is 6.70. The minimum Gasteiger partial charge on any atom is -0.502 e. The van der Waals surface area contributed by atoms with E-state index in [1.165, 1.54) is 12.1 Å². The van der Waals surface area contributed by atoms with Gasteiger partial charge in [0.15, 0.2) is 5.75 Å². The third-order valence-electron chi connectivity index (χ3n) is 3.35. The molecule has 1 aliphatic heterocycles. The first-order valence-electron chi connectivity index (χ1n) is 5.90. The lowest BCUT2D eigenvalue weighted by molar-refractivity contribution is -0.385. The summed E-state index contributed by atoms with van der Waals surface area (Å²) < 4.78 is 5.26. The molecule has 106 valence electrons. The summed E-state index contributed by atoms with van der Waals surface area (Å²) in [7, 11) is 0. The van der Waals surface area contributed by atoms with E-state index in [4.69, 9.17) is 10.5 Å². The fraction of sp³-hybridized carbons (Fsp3) is 0.500. The highest BCUT2D eigenvalue weighted by molar-refractivity contribution is 5.85. The van der Waals surface area contributed by atoms with Crippen molar-refractivity contribution in [2.45, 2.75) is 18.9 Å². The molecule has 0 radical (unpaired) electrons. The zero-order valence-corrected chi connectivity index (χ0v) is 11.1. The number of nitrogens with two attached hydrogens (primary N) is 1. The third-order valence-corrected chi connectivity index (χ3v) is 3.35. The summed E-state index contributed by atoms with van der Waals surface area (Å²) >= 11 is 0. The van der Waals surface area contributed by atoms with Crippen LogP contribution in [0.3, 0.4) is 0 Å². The summed E-state index contributed by atoms with van der Waals surface area (Å²) in [5.74, 6) is -0.0641. The molecule has 0 unspecified atom stereocenters. The van der Waals surface area contributed by atoms with Crippen LogP contribution in [0.4, 0.5) is 5.69 Å². The summed E-state index contributed by atoms with van der Waals surface area (Å²) in [4.78, 5) is 10.2. The molecule has 19 heavy (non-hydrogen) atoms. The van der Waals surface area contributed by atoms with E-state index in [1.54, 1.807) is 6.07 Å². The van der Waals surface area contributed by atoms with Crippen LogP contribution in [0.2, 0.25) is 0 Å². The number of nitro benzene ring substituents is 1. The van der Waals surface area contributed by atoms with Crippen molar-refractivity contribution in [3.05, 3.63) is 33.9 Å². The van der Waals surface area contributed by atoms with E-state index >= 15 is 0 Å². The summed E-state index contributed by atoms with van der Waals surface area (Å²) in [6, 6.07) is 4.07. The molecule has 3 N–H and O–H groups in total. The van der Waals surface area contributed by atoms with Crippen molar-refractivity contribution in [2.24, 2.45) is 11.7 Å². The van der Waals surface area contributed by atoms with Gasteiger partial charge in [-0.3, -0.25) is 10.1 Å². The Balaban J connectivity index is 0.00000180. The van der Waals surface area contributed by atoms with Crippen molar-refractivity contribution in [1.82, 2.24) is 0 Å². The summed E-state index contributed by atoms with van der Waals surface area (Å²) in [5.41, 5.74) is 6.52. The summed E-state index contributed by atoms with van der Waals surface area (Å²) in [6.45, 7) is 1.36. The van der Waals surface area contributed by atoms with E-state index in [-0.39, 0.29) is 35.8 Å². The number of phenolic OH excluding ortho intramolecular Hbond substituents is 1. The Bertz CT molecular complexity index is 449. The molecule has 2 rings (SSSR count). The zero-order chi connectivity index (χ0) is 13.1. The molecule has 0 saturated carbocycles. The van der Waals surface area contributed by atoms with Gasteiger partial charge in [-0.05, 0) is 30.4 Å². The van der Waals surface area contributed by atoms with Crippen molar-refractivity contribution in [1.29, 1.82) is 0 Å². The smallest absolute Gasteiger partial charge is 0.311 e. The molecule has 1 saturated heterocycles. The molecule has 1 aromatic carbocycles. The number of benzene rings is 1. The minimum absolute atomic E-state index is 0. The normalized spacial score (nSPS) is 17.5. The molecule has 1 atom stereocenters. The Hall–Kier alpha value is -1.37. The largest absolute Gasteiger partial charge is 0.502 e. The molecule has 0 aromatic heterocycles. The van der Waals surface area contributed by atoms with Crippen LogP contribution in [0.5, 0.6) is 5.75 Å². The van der Waals surface area contributed by atoms with E-state index in [2.05, 4.69) is 0 Å². The fourth-order valence-electron chi connectivity index (χ4n) is 2.24. The van der Waals surface area contributed by atoms with Crippen molar-refractivity contribution in [3.8, 4) is 5.75 Å². The average molecular weight is 289 g/mol. The summed E-state index contributed by atoms with van der Waals surface area (Å²) in [5, 5.41) is 20.2. The Labute approximate surface area is 117 Å². The van der Waals surface area contributed by atoms with Crippen LogP contribution in [0.15, 0.2) is 18.2 Å². The van der Waals surface area contributed by atoms with Gasteiger partial charge < -0.3 is 15.6 Å². The van der Waals surface area contributed by atoms with Gasteiger partial charge in [0.05, 0.1) is 4.92 Å².